The molecule has 6 nitrogen and oxygen atoms in total. The minimum Gasteiger partial charge on any atom is -0.370 e. The molecule has 1 fully saturated rings. The summed E-state index contributed by atoms with van der Waals surface area (Å²) < 4.78 is 27.4. The molecular formula is C20H24N4O2S. The number of benzene rings is 2. The highest BCUT2D eigenvalue weighted by Crippen LogP contribution is 2.27. The maximum Gasteiger partial charge on any atom is 0.211 e. The van der Waals surface area contributed by atoms with Crippen molar-refractivity contribution in [1.82, 2.24) is 13.9 Å². The van der Waals surface area contributed by atoms with E-state index in [4.69, 9.17) is 4.98 Å². The van der Waals surface area contributed by atoms with Crippen LogP contribution >= 0.6 is 0 Å². The normalized spacial score (nSPS) is 16.6. The molecule has 0 atom stereocenters. The Morgan fingerprint density at radius 1 is 0.963 bits per heavy atom. The monoisotopic (exact) mass is 384 g/mol. The van der Waals surface area contributed by atoms with E-state index in [2.05, 4.69) is 33.7 Å². The number of fused-ring (bicyclic) bond motifs is 1. The highest BCUT2D eigenvalue weighted by molar-refractivity contribution is 7.88. The first-order valence-electron chi connectivity index (χ1n) is 9.15. The number of para-hydroxylation sites is 2. The van der Waals surface area contributed by atoms with Crippen molar-refractivity contribution in [1.29, 1.82) is 0 Å². The number of nitrogens with zero attached hydrogens (tertiary/aromatic N) is 4. The highest BCUT2D eigenvalue weighted by atomic mass is 32.2. The van der Waals surface area contributed by atoms with Crippen molar-refractivity contribution in [2.75, 3.05) is 37.3 Å². The quantitative estimate of drug-likeness (QED) is 0.697. The molecule has 1 aliphatic heterocycles. The number of rotatable bonds is 3. The first-order chi connectivity index (χ1) is 12.9. The van der Waals surface area contributed by atoms with Crippen LogP contribution < -0.4 is 4.90 Å². The highest BCUT2D eigenvalue weighted by Gasteiger charge is 2.21. The summed E-state index contributed by atoms with van der Waals surface area (Å²) in [7, 11) is -1.10. The molecule has 3 aromatic rings. The van der Waals surface area contributed by atoms with Crippen LogP contribution in [0.3, 0.4) is 0 Å². The van der Waals surface area contributed by atoms with E-state index in [0.717, 1.165) is 41.1 Å². The van der Waals surface area contributed by atoms with Crippen molar-refractivity contribution in [3.8, 4) is 11.4 Å². The van der Waals surface area contributed by atoms with Gasteiger partial charge in [-0.2, -0.15) is 0 Å². The molecule has 0 amide bonds. The summed E-state index contributed by atoms with van der Waals surface area (Å²) in [4.78, 5) is 7.05. The number of hydrogen-bond acceptors (Lipinski definition) is 4. The molecule has 2 aromatic carbocycles. The molecule has 0 bridgehead atoms. The molecule has 0 N–H and O–H groups in total. The minimum absolute atomic E-state index is 0.523. The Morgan fingerprint density at radius 3 is 2.56 bits per heavy atom. The van der Waals surface area contributed by atoms with Crippen LogP contribution in [0.25, 0.3) is 22.4 Å². The Morgan fingerprint density at radius 2 is 1.78 bits per heavy atom. The Balaban J connectivity index is 1.63. The van der Waals surface area contributed by atoms with Gasteiger partial charge in [0.15, 0.2) is 0 Å². The Hall–Kier alpha value is -2.38. The van der Waals surface area contributed by atoms with Gasteiger partial charge in [-0.25, -0.2) is 17.7 Å². The number of sulfonamides is 1. The van der Waals surface area contributed by atoms with Crippen LogP contribution in [0.2, 0.25) is 0 Å². The third-order valence-electron chi connectivity index (χ3n) is 5.18. The zero-order valence-electron chi connectivity index (χ0n) is 15.7. The fraction of sp³-hybridized carbons (Fsp3) is 0.350. The van der Waals surface area contributed by atoms with Crippen molar-refractivity contribution in [2.24, 2.45) is 7.05 Å². The zero-order chi connectivity index (χ0) is 19.0. The second-order valence-electron chi connectivity index (χ2n) is 7.04. The summed E-state index contributed by atoms with van der Waals surface area (Å²) in [6.07, 6.45) is 2.11. The molecule has 7 heteroatoms. The van der Waals surface area contributed by atoms with E-state index in [-0.39, 0.29) is 0 Å². The molecule has 0 unspecified atom stereocenters. The summed E-state index contributed by atoms with van der Waals surface area (Å²) in [5.41, 5.74) is 4.26. The van der Waals surface area contributed by atoms with Gasteiger partial charge < -0.3 is 9.47 Å². The van der Waals surface area contributed by atoms with Gasteiger partial charge in [-0.05, 0) is 30.7 Å². The van der Waals surface area contributed by atoms with E-state index in [1.54, 1.807) is 4.31 Å². The molecule has 2 heterocycles. The van der Waals surface area contributed by atoms with Crippen molar-refractivity contribution >= 4 is 26.7 Å². The molecule has 0 aliphatic carbocycles. The predicted molar refractivity (Wildman–Crippen MR) is 109 cm³/mol. The molecule has 1 aliphatic rings. The number of aromatic nitrogens is 2. The molecule has 0 radical (unpaired) electrons. The summed E-state index contributed by atoms with van der Waals surface area (Å²) in [6, 6.07) is 16.5. The largest absolute Gasteiger partial charge is 0.370 e. The molecule has 142 valence electrons. The third-order valence-corrected chi connectivity index (χ3v) is 6.48. The standard InChI is InChI=1S/C20H24N4O2S/c1-22-19-10-4-3-9-18(19)21-20(22)16-7-5-8-17(15-16)23-11-6-12-24(14-13-23)27(2,25)26/h3-5,7-10,15H,6,11-14H2,1-2H3. The van der Waals surface area contributed by atoms with Gasteiger partial charge in [0.05, 0.1) is 17.3 Å². The maximum atomic E-state index is 11.8. The molecule has 0 saturated carbocycles. The van der Waals surface area contributed by atoms with Gasteiger partial charge in [-0.15, -0.1) is 0 Å². The molecule has 4 rings (SSSR count). The van der Waals surface area contributed by atoms with Crippen LogP contribution in [-0.2, 0) is 17.1 Å². The molecule has 0 spiro atoms. The van der Waals surface area contributed by atoms with Crippen molar-refractivity contribution in [3.05, 3.63) is 48.5 Å². The predicted octanol–water partition coefficient (Wildman–Crippen LogP) is 2.71. The zero-order valence-corrected chi connectivity index (χ0v) is 16.5. The third kappa shape index (κ3) is 3.57. The lowest BCUT2D eigenvalue weighted by molar-refractivity contribution is 0.437. The van der Waals surface area contributed by atoms with Crippen LogP contribution in [0, 0.1) is 0 Å². The SMILES string of the molecule is Cn1c(-c2cccc(N3CCCN(S(C)(=O)=O)CC3)c2)nc2ccccc21. The van der Waals surface area contributed by atoms with Gasteiger partial charge in [0.1, 0.15) is 5.82 Å². The van der Waals surface area contributed by atoms with Gasteiger partial charge in [-0.1, -0.05) is 24.3 Å². The molecule has 1 aromatic heterocycles. The number of imidazole rings is 1. The lowest BCUT2D eigenvalue weighted by atomic mass is 10.1. The topological polar surface area (TPSA) is 58.4 Å². The smallest absolute Gasteiger partial charge is 0.211 e. The summed E-state index contributed by atoms with van der Waals surface area (Å²) in [5, 5.41) is 0. The van der Waals surface area contributed by atoms with Crippen LogP contribution in [0.15, 0.2) is 48.5 Å². The van der Waals surface area contributed by atoms with Crippen LogP contribution in [-0.4, -0.2) is 54.7 Å². The fourth-order valence-electron chi connectivity index (χ4n) is 3.73. The van der Waals surface area contributed by atoms with Gasteiger partial charge in [0, 0.05) is 44.5 Å². The fourth-order valence-corrected chi connectivity index (χ4v) is 4.60. The second-order valence-corrected chi connectivity index (χ2v) is 9.02. The van der Waals surface area contributed by atoms with Gasteiger partial charge in [0.25, 0.3) is 0 Å². The van der Waals surface area contributed by atoms with Crippen molar-refractivity contribution < 1.29 is 8.42 Å². The van der Waals surface area contributed by atoms with Crippen LogP contribution in [0.1, 0.15) is 6.42 Å². The summed E-state index contributed by atoms with van der Waals surface area (Å²) >= 11 is 0. The van der Waals surface area contributed by atoms with E-state index in [9.17, 15) is 8.42 Å². The van der Waals surface area contributed by atoms with E-state index in [0.29, 0.717) is 19.6 Å². The number of anilines is 1. The second kappa shape index (κ2) is 6.98. The Labute approximate surface area is 160 Å². The van der Waals surface area contributed by atoms with E-state index in [1.165, 1.54) is 6.26 Å². The lowest BCUT2D eigenvalue weighted by Gasteiger charge is -2.23. The van der Waals surface area contributed by atoms with E-state index >= 15 is 0 Å². The van der Waals surface area contributed by atoms with Crippen LogP contribution in [0.4, 0.5) is 5.69 Å². The van der Waals surface area contributed by atoms with Crippen molar-refractivity contribution in [3.63, 3.8) is 0 Å². The minimum atomic E-state index is -3.13. The molecule has 1 saturated heterocycles. The van der Waals surface area contributed by atoms with Gasteiger partial charge in [0.2, 0.25) is 10.0 Å². The average molecular weight is 385 g/mol. The first-order valence-corrected chi connectivity index (χ1v) is 11.0. The molecular weight excluding hydrogens is 360 g/mol. The summed E-state index contributed by atoms with van der Waals surface area (Å²) in [6.45, 7) is 2.65. The van der Waals surface area contributed by atoms with Gasteiger partial charge in [-0.3, -0.25) is 0 Å². The van der Waals surface area contributed by atoms with E-state index in [1.807, 2.05) is 31.3 Å². The maximum absolute atomic E-state index is 11.8. The van der Waals surface area contributed by atoms with Gasteiger partial charge >= 0.3 is 0 Å². The summed E-state index contributed by atoms with van der Waals surface area (Å²) in [5.74, 6) is 0.936. The number of hydrogen-bond donors (Lipinski definition) is 0. The lowest BCUT2D eigenvalue weighted by Crippen LogP contribution is -2.34. The average Bonchev–Trinajstić information content (AvgIpc) is 2.83. The molecule has 27 heavy (non-hydrogen) atoms. The van der Waals surface area contributed by atoms with Crippen molar-refractivity contribution in [2.45, 2.75) is 6.42 Å². The number of aryl methyl sites for hydroxylation is 1. The van der Waals surface area contributed by atoms with Crippen LogP contribution in [0.5, 0.6) is 0 Å². The van der Waals surface area contributed by atoms with E-state index < -0.39 is 10.0 Å². The Bertz CT molecular complexity index is 1070. The first kappa shape index (κ1) is 18.0. The Kier molecular flexibility index (Phi) is 4.65.